The fourth-order valence-corrected chi connectivity index (χ4v) is 2.17. The van der Waals surface area contributed by atoms with Crippen molar-refractivity contribution in [3.05, 3.63) is 71.0 Å². The summed E-state index contributed by atoms with van der Waals surface area (Å²) in [6, 6.07) is 7.60. The van der Waals surface area contributed by atoms with Gasteiger partial charge in [0.1, 0.15) is 6.04 Å². The Morgan fingerprint density at radius 2 is 2.12 bits per heavy atom. The quantitative estimate of drug-likeness (QED) is 0.745. The van der Waals surface area contributed by atoms with Crippen molar-refractivity contribution in [1.29, 1.82) is 0 Å². The van der Waals surface area contributed by atoms with E-state index in [0.29, 0.717) is 12.4 Å². The Balaban J connectivity index is 1.76. The highest BCUT2D eigenvalue weighted by Crippen LogP contribution is 2.05. The smallest absolute Gasteiger partial charge is 0.267 e. The summed E-state index contributed by atoms with van der Waals surface area (Å²) in [5.41, 5.74) is 0.526. The van der Waals surface area contributed by atoms with Gasteiger partial charge in [-0.15, -0.1) is 5.10 Å². The third kappa shape index (κ3) is 3.37. The first-order valence-electron chi connectivity index (χ1n) is 7.41. The third-order valence-corrected chi connectivity index (χ3v) is 3.49. The molecule has 1 unspecified atom stereocenters. The fraction of sp³-hybridized carbons (Fsp3) is 0.188. The number of amides is 1. The molecular formula is C16H16N6O2. The van der Waals surface area contributed by atoms with Crippen LogP contribution in [0.1, 0.15) is 18.5 Å². The predicted molar refractivity (Wildman–Crippen MR) is 86.4 cm³/mol. The number of carbonyl (C=O) groups is 1. The van der Waals surface area contributed by atoms with E-state index in [4.69, 9.17) is 0 Å². The molecule has 1 amide bonds. The van der Waals surface area contributed by atoms with Crippen LogP contribution in [0.25, 0.3) is 5.82 Å². The maximum Gasteiger partial charge on any atom is 0.267 e. The van der Waals surface area contributed by atoms with Crippen molar-refractivity contribution in [1.82, 2.24) is 29.9 Å². The second kappa shape index (κ2) is 6.86. The van der Waals surface area contributed by atoms with Crippen LogP contribution in [0.2, 0.25) is 0 Å². The molecule has 3 heterocycles. The molecule has 0 saturated heterocycles. The summed E-state index contributed by atoms with van der Waals surface area (Å²) in [4.78, 5) is 28.3. The van der Waals surface area contributed by atoms with Crippen molar-refractivity contribution in [2.45, 2.75) is 19.5 Å². The molecule has 0 aromatic carbocycles. The minimum Gasteiger partial charge on any atom is -0.350 e. The third-order valence-electron chi connectivity index (χ3n) is 3.49. The van der Waals surface area contributed by atoms with Crippen LogP contribution in [0, 0.1) is 0 Å². The molecule has 0 fully saturated rings. The highest BCUT2D eigenvalue weighted by atomic mass is 16.2. The molecule has 3 aromatic heterocycles. The molecule has 8 heteroatoms. The van der Waals surface area contributed by atoms with Gasteiger partial charge in [-0.05, 0) is 30.7 Å². The number of hydrogen-bond acceptors (Lipinski definition) is 5. The summed E-state index contributed by atoms with van der Waals surface area (Å²) in [6.45, 7) is 1.96. The van der Waals surface area contributed by atoms with E-state index in [2.05, 4.69) is 20.5 Å². The Morgan fingerprint density at radius 3 is 2.83 bits per heavy atom. The van der Waals surface area contributed by atoms with Crippen LogP contribution in [0.3, 0.4) is 0 Å². The van der Waals surface area contributed by atoms with Crippen LogP contribution in [-0.4, -0.2) is 30.5 Å². The van der Waals surface area contributed by atoms with Crippen LogP contribution in [-0.2, 0) is 11.3 Å². The Hall–Kier alpha value is -3.29. The Labute approximate surface area is 137 Å². The van der Waals surface area contributed by atoms with Crippen LogP contribution < -0.4 is 10.9 Å². The minimum atomic E-state index is -0.746. The number of carbonyl (C=O) groups excluding carboxylic acids is 1. The molecule has 0 aliphatic carbocycles. The maximum absolute atomic E-state index is 12.3. The first kappa shape index (κ1) is 15.6. The standard InChI is InChI=1S/C16H16N6O2/c1-12(16(24)18-11-13-4-2-7-17-10-13)22-15(23)6-5-14(20-22)21-9-3-8-19-21/h2-10,12H,11H2,1H3,(H,18,24). The van der Waals surface area contributed by atoms with Crippen molar-refractivity contribution in [3.63, 3.8) is 0 Å². The van der Waals surface area contributed by atoms with E-state index >= 15 is 0 Å². The average Bonchev–Trinajstić information content (AvgIpc) is 3.15. The molecule has 24 heavy (non-hydrogen) atoms. The molecule has 3 aromatic rings. The zero-order valence-electron chi connectivity index (χ0n) is 13.0. The van der Waals surface area contributed by atoms with Gasteiger partial charge in [-0.1, -0.05) is 6.07 Å². The summed E-state index contributed by atoms with van der Waals surface area (Å²) in [5.74, 6) is 0.164. The van der Waals surface area contributed by atoms with Crippen LogP contribution in [0.4, 0.5) is 0 Å². The molecule has 0 aliphatic heterocycles. The number of hydrogen-bond donors (Lipinski definition) is 1. The lowest BCUT2D eigenvalue weighted by Gasteiger charge is -2.14. The van der Waals surface area contributed by atoms with Crippen molar-refractivity contribution >= 4 is 5.91 Å². The van der Waals surface area contributed by atoms with E-state index in [0.717, 1.165) is 10.2 Å². The van der Waals surface area contributed by atoms with Gasteiger partial charge >= 0.3 is 0 Å². The van der Waals surface area contributed by atoms with Gasteiger partial charge in [-0.2, -0.15) is 5.10 Å². The van der Waals surface area contributed by atoms with Gasteiger partial charge in [0.15, 0.2) is 5.82 Å². The minimum absolute atomic E-state index is 0.300. The van der Waals surface area contributed by atoms with Gasteiger partial charge in [-0.25, -0.2) is 9.36 Å². The molecule has 0 aliphatic rings. The summed E-state index contributed by atoms with van der Waals surface area (Å²) in [5, 5.41) is 11.1. The number of nitrogens with one attached hydrogen (secondary N) is 1. The molecule has 0 radical (unpaired) electrons. The SMILES string of the molecule is CC(C(=O)NCc1cccnc1)n1nc(-n2cccn2)ccc1=O. The van der Waals surface area contributed by atoms with Gasteiger partial charge < -0.3 is 5.32 Å². The number of pyridine rings is 1. The molecule has 122 valence electrons. The zero-order chi connectivity index (χ0) is 16.9. The van der Waals surface area contributed by atoms with E-state index < -0.39 is 6.04 Å². The fourth-order valence-electron chi connectivity index (χ4n) is 2.17. The largest absolute Gasteiger partial charge is 0.350 e. The molecule has 1 N–H and O–H groups in total. The lowest BCUT2D eigenvalue weighted by Crippen LogP contribution is -2.37. The molecule has 3 rings (SSSR count). The van der Waals surface area contributed by atoms with Gasteiger partial charge in [-0.3, -0.25) is 14.6 Å². The van der Waals surface area contributed by atoms with E-state index in [9.17, 15) is 9.59 Å². The lowest BCUT2D eigenvalue weighted by molar-refractivity contribution is -0.124. The highest BCUT2D eigenvalue weighted by Gasteiger charge is 2.17. The van der Waals surface area contributed by atoms with Gasteiger partial charge in [0, 0.05) is 37.4 Å². The molecule has 1 atom stereocenters. The lowest BCUT2D eigenvalue weighted by atomic mass is 10.2. The Kier molecular flexibility index (Phi) is 4.46. The molecular weight excluding hydrogens is 308 g/mol. The van der Waals surface area contributed by atoms with E-state index in [1.165, 1.54) is 10.7 Å². The van der Waals surface area contributed by atoms with Crippen LogP contribution in [0.15, 0.2) is 59.9 Å². The van der Waals surface area contributed by atoms with Gasteiger partial charge in [0.05, 0.1) is 0 Å². The number of nitrogens with zero attached hydrogens (tertiary/aromatic N) is 5. The molecule has 0 spiro atoms. The summed E-state index contributed by atoms with van der Waals surface area (Å²) in [7, 11) is 0. The Morgan fingerprint density at radius 1 is 1.25 bits per heavy atom. The van der Waals surface area contributed by atoms with E-state index in [1.807, 2.05) is 6.07 Å². The van der Waals surface area contributed by atoms with Crippen LogP contribution >= 0.6 is 0 Å². The van der Waals surface area contributed by atoms with E-state index in [1.54, 1.807) is 49.9 Å². The number of aromatic nitrogens is 5. The molecule has 0 bridgehead atoms. The second-order valence-electron chi connectivity index (χ2n) is 5.18. The Bertz CT molecular complexity index is 873. The summed E-state index contributed by atoms with van der Waals surface area (Å²) in [6.07, 6.45) is 6.66. The predicted octanol–water partition coefficient (Wildman–Crippen LogP) is 0.701. The van der Waals surface area contributed by atoms with Crippen molar-refractivity contribution in [3.8, 4) is 5.82 Å². The maximum atomic E-state index is 12.3. The zero-order valence-corrected chi connectivity index (χ0v) is 13.0. The summed E-state index contributed by atoms with van der Waals surface area (Å²) >= 11 is 0. The molecule has 0 saturated carbocycles. The average molecular weight is 324 g/mol. The topological polar surface area (TPSA) is 94.7 Å². The highest BCUT2D eigenvalue weighted by molar-refractivity contribution is 5.79. The van der Waals surface area contributed by atoms with Crippen molar-refractivity contribution < 1.29 is 4.79 Å². The first-order chi connectivity index (χ1) is 11.6. The monoisotopic (exact) mass is 324 g/mol. The van der Waals surface area contributed by atoms with Gasteiger partial charge in [0.25, 0.3) is 5.56 Å². The summed E-state index contributed by atoms with van der Waals surface area (Å²) < 4.78 is 2.67. The van der Waals surface area contributed by atoms with E-state index in [-0.39, 0.29) is 11.5 Å². The number of rotatable bonds is 5. The van der Waals surface area contributed by atoms with Crippen molar-refractivity contribution in [2.24, 2.45) is 0 Å². The van der Waals surface area contributed by atoms with Crippen LogP contribution in [0.5, 0.6) is 0 Å². The van der Waals surface area contributed by atoms with Gasteiger partial charge in [0.2, 0.25) is 5.91 Å². The first-order valence-corrected chi connectivity index (χ1v) is 7.41. The van der Waals surface area contributed by atoms with Crippen molar-refractivity contribution in [2.75, 3.05) is 0 Å². The molecule has 8 nitrogen and oxygen atoms in total. The normalized spacial score (nSPS) is 11.9. The second-order valence-corrected chi connectivity index (χ2v) is 5.18.